The number of carbonyl (C=O) groups is 1. The smallest absolute Gasteiger partial charge is 0.251 e. The number of aromatic nitrogens is 1. The van der Waals surface area contributed by atoms with Crippen molar-refractivity contribution in [2.24, 2.45) is 0 Å². The van der Waals surface area contributed by atoms with Crippen LogP contribution in [0.15, 0.2) is 30.5 Å². The molecule has 1 aromatic heterocycles. The summed E-state index contributed by atoms with van der Waals surface area (Å²) in [7, 11) is 1.66. The lowest BCUT2D eigenvalue weighted by Gasteiger charge is -2.06. The molecule has 0 atom stereocenters. The van der Waals surface area contributed by atoms with Crippen LogP contribution in [0, 0.1) is 0 Å². The van der Waals surface area contributed by atoms with Crippen LogP contribution in [0.2, 0.25) is 0 Å². The van der Waals surface area contributed by atoms with Gasteiger partial charge in [0.15, 0.2) is 0 Å². The van der Waals surface area contributed by atoms with Gasteiger partial charge in [0, 0.05) is 37.5 Å². The number of benzene rings is 1. The summed E-state index contributed by atoms with van der Waals surface area (Å²) < 4.78 is 10.3. The van der Waals surface area contributed by atoms with Crippen LogP contribution in [0.5, 0.6) is 0 Å². The third-order valence-electron chi connectivity index (χ3n) is 3.25. The van der Waals surface area contributed by atoms with E-state index in [1.54, 1.807) is 7.11 Å². The fourth-order valence-corrected chi connectivity index (χ4v) is 2.07. The fourth-order valence-electron chi connectivity index (χ4n) is 2.07. The zero-order valence-corrected chi connectivity index (χ0v) is 12.4. The highest BCUT2D eigenvalue weighted by Gasteiger charge is 2.05. The number of aromatic amines is 1. The van der Waals surface area contributed by atoms with Gasteiger partial charge in [0.25, 0.3) is 5.91 Å². The third kappa shape index (κ3) is 4.88. The maximum atomic E-state index is 12.0. The first kappa shape index (κ1) is 15.5. The summed E-state index contributed by atoms with van der Waals surface area (Å²) in [6.45, 7) is 2.61. The molecule has 2 N–H and O–H groups in total. The minimum Gasteiger partial charge on any atom is -0.382 e. The SMILES string of the molecule is COCCOCCCCNC(=O)c1ccc2cc[nH]c2c1. The van der Waals surface area contributed by atoms with Crippen LogP contribution in [0.25, 0.3) is 10.9 Å². The number of unbranched alkanes of at least 4 members (excludes halogenated alkanes) is 1. The van der Waals surface area contributed by atoms with E-state index >= 15 is 0 Å². The molecule has 0 unspecified atom stereocenters. The molecule has 2 rings (SSSR count). The minimum absolute atomic E-state index is 0.0354. The molecule has 0 saturated heterocycles. The Labute approximate surface area is 124 Å². The molecule has 0 bridgehead atoms. The van der Waals surface area contributed by atoms with Crippen LogP contribution in [0.1, 0.15) is 23.2 Å². The Morgan fingerprint density at radius 3 is 2.95 bits per heavy atom. The first-order chi connectivity index (χ1) is 10.3. The lowest BCUT2D eigenvalue weighted by Crippen LogP contribution is -2.24. The van der Waals surface area contributed by atoms with Crippen LogP contribution in [0.4, 0.5) is 0 Å². The number of hydrogen-bond acceptors (Lipinski definition) is 3. The summed E-state index contributed by atoms with van der Waals surface area (Å²) >= 11 is 0. The van der Waals surface area contributed by atoms with Crippen LogP contribution in [0.3, 0.4) is 0 Å². The summed E-state index contributed by atoms with van der Waals surface area (Å²) in [6.07, 6.45) is 3.71. The molecule has 5 heteroatoms. The van der Waals surface area contributed by atoms with E-state index in [0.29, 0.717) is 31.9 Å². The number of amides is 1. The van der Waals surface area contributed by atoms with Crippen LogP contribution >= 0.6 is 0 Å². The van der Waals surface area contributed by atoms with Gasteiger partial charge >= 0.3 is 0 Å². The molecule has 1 aromatic carbocycles. The maximum Gasteiger partial charge on any atom is 0.251 e. The Kier molecular flexibility index (Phi) is 6.24. The molecule has 114 valence electrons. The van der Waals surface area contributed by atoms with Crippen molar-refractivity contribution < 1.29 is 14.3 Å². The Morgan fingerprint density at radius 2 is 2.10 bits per heavy atom. The van der Waals surface area contributed by atoms with Gasteiger partial charge in [-0.3, -0.25) is 4.79 Å². The van der Waals surface area contributed by atoms with Crippen molar-refractivity contribution in [3.63, 3.8) is 0 Å². The molecule has 1 amide bonds. The van der Waals surface area contributed by atoms with E-state index < -0.39 is 0 Å². The van der Waals surface area contributed by atoms with E-state index in [2.05, 4.69) is 10.3 Å². The Morgan fingerprint density at radius 1 is 1.19 bits per heavy atom. The molecule has 21 heavy (non-hydrogen) atoms. The van der Waals surface area contributed by atoms with Crippen LogP contribution in [-0.2, 0) is 9.47 Å². The molecule has 0 aliphatic carbocycles. The molecule has 0 aliphatic rings. The molecule has 2 aromatic rings. The van der Waals surface area contributed by atoms with Crippen molar-refractivity contribution in [3.8, 4) is 0 Å². The Hall–Kier alpha value is -1.85. The number of nitrogens with one attached hydrogen (secondary N) is 2. The molecule has 0 radical (unpaired) electrons. The lowest BCUT2D eigenvalue weighted by atomic mass is 10.1. The highest BCUT2D eigenvalue weighted by Crippen LogP contribution is 2.13. The lowest BCUT2D eigenvalue weighted by molar-refractivity contribution is 0.0686. The van der Waals surface area contributed by atoms with Crippen molar-refractivity contribution in [3.05, 3.63) is 36.0 Å². The predicted octanol–water partition coefficient (Wildman–Crippen LogP) is 2.34. The van der Waals surface area contributed by atoms with E-state index in [1.807, 2.05) is 30.5 Å². The number of rotatable bonds is 9. The van der Waals surface area contributed by atoms with E-state index in [9.17, 15) is 4.79 Å². The van der Waals surface area contributed by atoms with Crippen LogP contribution in [-0.4, -0.2) is 44.4 Å². The summed E-state index contributed by atoms with van der Waals surface area (Å²) in [5.74, 6) is -0.0354. The van der Waals surface area contributed by atoms with Crippen molar-refractivity contribution >= 4 is 16.8 Å². The normalized spacial score (nSPS) is 10.9. The summed E-state index contributed by atoms with van der Waals surface area (Å²) in [5.41, 5.74) is 1.66. The minimum atomic E-state index is -0.0354. The van der Waals surface area contributed by atoms with Gasteiger partial charge < -0.3 is 19.8 Å². The Balaban J connectivity index is 1.65. The van der Waals surface area contributed by atoms with Gasteiger partial charge in [-0.15, -0.1) is 0 Å². The molecule has 0 fully saturated rings. The van der Waals surface area contributed by atoms with Gasteiger partial charge in [-0.25, -0.2) is 0 Å². The number of hydrogen-bond donors (Lipinski definition) is 2. The first-order valence-electron chi connectivity index (χ1n) is 7.23. The number of methoxy groups -OCH3 is 1. The molecule has 0 saturated carbocycles. The average molecular weight is 290 g/mol. The summed E-state index contributed by atoms with van der Waals surface area (Å²) in [5, 5.41) is 4.04. The molecule has 0 spiro atoms. The van der Waals surface area contributed by atoms with Gasteiger partial charge in [0.05, 0.1) is 13.2 Å². The number of carbonyl (C=O) groups excluding carboxylic acids is 1. The quantitative estimate of drug-likeness (QED) is 0.697. The van der Waals surface area contributed by atoms with Crippen molar-refractivity contribution in [1.29, 1.82) is 0 Å². The van der Waals surface area contributed by atoms with Gasteiger partial charge in [0.2, 0.25) is 0 Å². The van der Waals surface area contributed by atoms with E-state index in [1.165, 1.54) is 0 Å². The fraction of sp³-hybridized carbons (Fsp3) is 0.438. The topological polar surface area (TPSA) is 63.4 Å². The zero-order chi connectivity index (χ0) is 14.9. The number of fused-ring (bicyclic) bond motifs is 1. The second-order valence-electron chi connectivity index (χ2n) is 4.85. The number of H-pyrrole nitrogens is 1. The Bertz CT molecular complexity index is 565. The van der Waals surface area contributed by atoms with Crippen molar-refractivity contribution in [1.82, 2.24) is 10.3 Å². The molecule has 5 nitrogen and oxygen atoms in total. The third-order valence-corrected chi connectivity index (χ3v) is 3.25. The van der Waals surface area contributed by atoms with Crippen molar-refractivity contribution in [2.45, 2.75) is 12.8 Å². The number of ether oxygens (including phenoxy) is 2. The molecular weight excluding hydrogens is 268 g/mol. The van der Waals surface area contributed by atoms with Crippen molar-refractivity contribution in [2.75, 3.05) is 33.5 Å². The maximum absolute atomic E-state index is 12.0. The molecule has 0 aliphatic heterocycles. The average Bonchev–Trinajstić information content (AvgIpc) is 2.97. The summed E-state index contributed by atoms with van der Waals surface area (Å²) in [4.78, 5) is 15.1. The van der Waals surface area contributed by atoms with Gasteiger partial charge in [-0.2, -0.15) is 0 Å². The van der Waals surface area contributed by atoms with E-state index in [-0.39, 0.29) is 5.91 Å². The zero-order valence-electron chi connectivity index (χ0n) is 12.4. The first-order valence-corrected chi connectivity index (χ1v) is 7.23. The van der Waals surface area contributed by atoms with Gasteiger partial charge in [0.1, 0.15) is 0 Å². The van der Waals surface area contributed by atoms with Gasteiger partial charge in [-0.1, -0.05) is 6.07 Å². The van der Waals surface area contributed by atoms with Gasteiger partial charge in [-0.05, 0) is 36.4 Å². The predicted molar refractivity (Wildman–Crippen MR) is 82.6 cm³/mol. The summed E-state index contributed by atoms with van der Waals surface area (Å²) in [6, 6.07) is 7.66. The largest absolute Gasteiger partial charge is 0.382 e. The second kappa shape index (κ2) is 8.44. The van der Waals surface area contributed by atoms with Crippen LogP contribution < -0.4 is 5.32 Å². The second-order valence-corrected chi connectivity index (χ2v) is 4.85. The monoisotopic (exact) mass is 290 g/mol. The van der Waals surface area contributed by atoms with E-state index in [0.717, 1.165) is 23.7 Å². The highest BCUT2D eigenvalue weighted by molar-refractivity contribution is 5.97. The molecular formula is C16H22N2O3. The van der Waals surface area contributed by atoms with E-state index in [4.69, 9.17) is 9.47 Å². The standard InChI is InChI=1S/C16H22N2O3/c1-20-10-11-21-9-3-2-7-18-16(19)14-5-4-13-6-8-17-15(13)12-14/h4-6,8,12,17H,2-3,7,9-11H2,1H3,(H,18,19). The molecule has 1 heterocycles. The highest BCUT2D eigenvalue weighted by atomic mass is 16.5.